The molecule has 2 aliphatic heterocycles. The minimum atomic E-state index is -4.76. The lowest BCUT2D eigenvalue weighted by molar-refractivity contribution is -0.137. The highest BCUT2D eigenvalue weighted by atomic mass is 32.2. The van der Waals surface area contributed by atoms with Crippen LogP contribution in [0.5, 0.6) is 5.75 Å². The predicted octanol–water partition coefficient (Wildman–Crippen LogP) is 6.33. The lowest BCUT2D eigenvalue weighted by atomic mass is 9.68. The Morgan fingerprint density at radius 2 is 1.69 bits per heavy atom. The minimum absolute atomic E-state index is 0.172. The van der Waals surface area contributed by atoms with E-state index >= 15 is 0 Å². The molecule has 3 aromatic carbocycles. The number of benzene rings is 3. The summed E-state index contributed by atoms with van der Waals surface area (Å²) in [6, 6.07) is 18.1. The number of H-pyrrole nitrogens is 1. The number of aromatic nitrogens is 1. The van der Waals surface area contributed by atoms with Crippen LogP contribution in [0.3, 0.4) is 0 Å². The predicted molar refractivity (Wildman–Crippen MR) is 185 cm³/mol. The molecule has 10 nitrogen and oxygen atoms in total. The van der Waals surface area contributed by atoms with Crippen molar-refractivity contribution in [3.63, 3.8) is 0 Å². The van der Waals surface area contributed by atoms with Crippen LogP contribution in [-0.4, -0.2) is 47.1 Å². The van der Waals surface area contributed by atoms with Gasteiger partial charge in [-0.05, 0) is 85.2 Å². The average molecular weight is 750 g/mol. The van der Waals surface area contributed by atoms with Gasteiger partial charge < -0.3 is 19.8 Å². The van der Waals surface area contributed by atoms with Crippen molar-refractivity contribution in [2.75, 3.05) is 23.4 Å². The lowest BCUT2D eigenvalue weighted by Gasteiger charge is -2.43. The Morgan fingerprint density at radius 3 is 2.42 bits per heavy atom. The van der Waals surface area contributed by atoms with Gasteiger partial charge >= 0.3 is 17.0 Å². The fourth-order valence-corrected chi connectivity index (χ4v) is 11.5. The molecule has 268 valence electrons. The second-order valence-electron chi connectivity index (χ2n) is 13.2. The van der Waals surface area contributed by atoms with Crippen LogP contribution in [0.1, 0.15) is 45.6 Å². The van der Waals surface area contributed by atoms with Crippen molar-refractivity contribution in [3.8, 4) is 5.75 Å². The van der Waals surface area contributed by atoms with Crippen LogP contribution >= 0.6 is 23.1 Å². The summed E-state index contributed by atoms with van der Waals surface area (Å²) in [7, 11) is 0. The number of amides is 3. The summed E-state index contributed by atoms with van der Waals surface area (Å²) in [4.78, 5) is 69.5. The van der Waals surface area contributed by atoms with Gasteiger partial charge in [-0.2, -0.15) is 13.2 Å². The quantitative estimate of drug-likeness (QED) is 0.158. The van der Waals surface area contributed by atoms with Gasteiger partial charge in [-0.25, -0.2) is 9.69 Å². The van der Waals surface area contributed by atoms with Crippen LogP contribution in [0.15, 0.2) is 82.6 Å². The number of hydrogen-bond acceptors (Lipinski definition) is 9. The first-order valence-corrected chi connectivity index (χ1v) is 18.4. The molecule has 15 heteroatoms. The van der Waals surface area contributed by atoms with Gasteiger partial charge in [-0.15, -0.1) is 11.8 Å². The first-order chi connectivity index (χ1) is 24.9. The Hall–Kier alpha value is -4.89. The summed E-state index contributed by atoms with van der Waals surface area (Å²) in [5, 5.41) is 3.24. The topological polar surface area (TPSA) is 135 Å². The van der Waals surface area contributed by atoms with E-state index in [9.17, 15) is 37.1 Å². The molecule has 1 aromatic heterocycles. The van der Waals surface area contributed by atoms with E-state index in [0.717, 1.165) is 32.7 Å². The number of nitrogens with one attached hydrogen (secondary N) is 2. The third kappa shape index (κ3) is 5.70. The molecule has 7 atom stereocenters. The smallest absolute Gasteiger partial charge is 0.418 e. The van der Waals surface area contributed by atoms with E-state index in [2.05, 4.69) is 10.3 Å². The molecule has 2 bridgehead atoms. The minimum Gasteiger partial charge on any atom is -0.484 e. The van der Waals surface area contributed by atoms with Crippen molar-refractivity contribution >= 4 is 58.2 Å². The Balaban J connectivity index is 1.04. The summed E-state index contributed by atoms with van der Waals surface area (Å²) in [5.41, 5.74) is 0.124. The van der Waals surface area contributed by atoms with Crippen molar-refractivity contribution < 1.29 is 41.8 Å². The summed E-state index contributed by atoms with van der Waals surface area (Å²) in [6.45, 7) is 1.63. The fraction of sp³-hybridized carbons (Fsp3) is 0.324. The van der Waals surface area contributed by atoms with Gasteiger partial charge in [0.1, 0.15) is 5.75 Å². The van der Waals surface area contributed by atoms with E-state index in [4.69, 9.17) is 9.47 Å². The molecule has 2 aliphatic carbocycles. The molecule has 0 radical (unpaired) electrons. The van der Waals surface area contributed by atoms with Gasteiger partial charge in [0.05, 0.1) is 40.3 Å². The van der Waals surface area contributed by atoms with Crippen LogP contribution in [0.2, 0.25) is 0 Å². The zero-order valence-electron chi connectivity index (χ0n) is 27.3. The molecule has 52 heavy (non-hydrogen) atoms. The first-order valence-electron chi connectivity index (χ1n) is 16.7. The van der Waals surface area contributed by atoms with Gasteiger partial charge in [0.25, 0.3) is 5.91 Å². The van der Waals surface area contributed by atoms with E-state index < -0.39 is 53.0 Å². The monoisotopic (exact) mass is 749 g/mol. The number of aromatic amines is 1. The van der Waals surface area contributed by atoms with E-state index in [1.54, 1.807) is 49.4 Å². The highest BCUT2D eigenvalue weighted by Crippen LogP contribution is 2.69. The number of carbonyl (C=O) groups is 4. The largest absolute Gasteiger partial charge is 0.484 e. The van der Waals surface area contributed by atoms with Crippen LogP contribution in [0.4, 0.5) is 24.5 Å². The summed E-state index contributed by atoms with van der Waals surface area (Å²) in [5.74, 6) is -4.42. The number of thioether (sulfide) groups is 1. The fourth-order valence-electron chi connectivity index (χ4n) is 8.58. The number of halogens is 3. The molecule has 4 aromatic rings. The number of thiazole rings is 1. The molecule has 3 heterocycles. The molecule has 2 N–H and O–H groups in total. The van der Waals surface area contributed by atoms with Gasteiger partial charge in [0.15, 0.2) is 6.61 Å². The number of carbonyl (C=O) groups excluding carboxylic acids is 4. The second kappa shape index (κ2) is 13.0. The van der Waals surface area contributed by atoms with Crippen molar-refractivity contribution in [3.05, 3.63) is 104 Å². The molecule has 1 saturated heterocycles. The van der Waals surface area contributed by atoms with Crippen molar-refractivity contribution in [1.29, 1.82) is 0 Å². The van der Waals surface area contributed by atoms with E-state index in [-0.39, 0.29) is 47.0 Å². The van der Waals surface area contributed by atoms with E-state index in [0.29, 0.717) is 28.4 Å². The summed E-state index contributed by atoms with van der Waals surface area (Å²) < 4.78 is 52.9. The van der Waals surface area contributed by atoms with Gasteiger partial charge in [0.2, 0.25) is 11.8 Å². The number of anilines is 2. The zero-order chi connectivity index (χ0) is 36.5. The van der Waals surface area contributed by atoms with E-state index in [1.165, 1.54) is 30.0 Å². The molecular formula is C37H30F3N3O7S2. The summed E-state index contributed by atoms with van der Waals surface area (Å²) >= 11 is 2.55. The van der Waals surface area contributed by atoms with Crippen molar-refractivity contribution in [1.82, 2.24) is 4.98 Å². The first kappa shape index (κ1) is 34.2. The number of rotatable bonds is 8. The SMILES string of the molecule is CCOC(=O)c1ccc(NC(=O)COc2cccc([C@@H]3c4sc(=O)[nH]c4S[C@@H]4[C@@H]5C[C@@H]([C@@H]6C(=O)N(c7ccccc7C(F)(F)F)C(=O)[C@@H]56)[C@H]34)c2)cc1. The van der Waals surface area contributed by atoms with Crippen LogP contribution < -0.4 is 19.8 Å². The number of imide groups is 1. The van der Waals surface area contributed by atoms with Crippen LogP contribution in [0, 0.1) is 29.6 Å². The summed E-state index contributed by atoms with van der Waals surface area (Å²) in [6.07, 6.45) is -4.19. The molecule has 2 saturated carbocycles. The Bertz CT molecular complexity index is 2170. The third-order valence-corrected chi connectivity index (χ3v) is 13.0. The highest BCUT2D eigenvalue weighted by molar-refractivity contribution is 8.00. The zero-order valence-corrected chi connectivity index (χ0v) is 29.0. The molecule has 3 amide bonds. The van der Waals surface area contributed by atoms with Crippen LogP contribution in [0.25, 0.3) is 0 Å². The molecule has 4 aliphatic rings. The normalized spacial score (nSPS) is 25.8. The second-order valence-corrected chi connectivity index (χ2v) is 15.4. The maximum atomic E-state index is 14.0. The lowest BCUT2D eigenvalue weighted by Crippen LogP contribution is -2.42. The maximum absolute atomic E-state index is 14.0. The molecule has 8 rings (SSSR count). The number of alkyl halides is 3. The number of hydrogen-bond donors (Lipinski definition) is 2. The number of esters is 1. The van der Waals surface area contributed by atoms with Crippen molar-refractivity contribution in [2.45, 2.75) is 35.7 Å². The Labute approximate surface area is 302 Å². The Kier molecular flexibility index (Phi) is 8.52. The third-order valence-electron chi connectivity index (χ3n) is 10.4. The number of nitrogens with zero attached hydrogens (tertiary/aromatic N) is 1. The molecule has 0 spiro atoms. The van der Waals surface area contributed by atoms with Gasteiger partial charge in [0, 0.05) is 21.7 Å². The average Bonchev–Trinajstić information content (AvgIpc) is 3.86. The molecule has 0 unspecified atom stereocenters. The van der Waals surface area contributed by atoms with Crippen molar-refractivity contribution in [2.24, 2.45) is 29.6 Å². The van der Waals surface area contributed by atoms with Gasteiger partial charge in [-0.1, -0.05) is 35.6 Å². The number of ether oxygens (including phenoxy) is 2. The maximum Gasteiger partial charge on any atom is 0.418 e. The molecule has 3 fully saturated rings. The molecular weight excluding hydrogens is 720 g/mol. The number of para-hydroxylation sites is 1. The highest BCUT2D eigenvalue weighted by Gasteiger charge is 2.70. The Morgan fingerprint density at radius 1 is 0.962 bits per heavy atom. The van der Waals surface area contributed by atoms with E-state index in [1.807, 2.05) is 6.07 Å². The number of fused-ring (bicyclic) bond motifs is 9. The van der Waals surface area contributed by atoms with Gasteiger partial charge in [-0.3, -0.25) is 19.2 Å². The van der Waals surface area contributed by atoms with Crippen LogP contribution in [-0.2, 0) is 25.3 Å². The standard InChI is InChI=1S/C37H30F3N3O7S2/c1-2-49-35(47)17-10-12-19(13-11-17)41-25(44)16-50-20-7-5-6-18(14-20)26-27-21-15-22(30(27)51-32-31(26)52-36(48)42-32)29-28(21)33(45)43(34(29)46)24-9-4-3-8-23(24)37(38,39)40/h3-14,21-22,26-30H,2,15-16H2,1H3,(H,41,44)(H,42,48)/t21-,22-,26+,27-,28+,29+,30-/m1/s1.